The fraction of sp³-hybridized carbons (Fsp3) is 0. The third kappa shape index (κ3) is 7.20. The lowest BCUT2D eigenvalue weighted by Gasteiger charge is -2.13. The van der Waals surface area contributed by atoms with E-state index in [2.05, 4.69) is 194 Å². The molecule has 0 aliphatic rings. The number of rotatable bonds is 8. The van der Waals surface area contributed by atoms with Crippen molar-refractivity contribution >= 4 is 21.8 Å². The Bertz CT molecular complexity index is 3330. The molecule has 11 rings (SSSR count). The predicted molar refractivity (Wildman–Crippen MR) is 256 cm³/mol. The second-order valence-corrected chi connectivity index (χ2v) is 15.4. The summed E-state index contributed by atoms with van der Waals surface area (Å²) in [7, 11) is 0. The molecule has 4 nitrogen and oxygen atoms in total. The lowest BCUT2D eigenvalue weighted by molar-refractivity contribution is 1.18. The second kappa shape index (κ2) is 16.0. The molecule has 11 aromatic rings. The quantitative estimate of drug-likeness (QED) is 0.144. The van der Waals surface area contributed by atoms with Crippen LogP contribution in [0.15, 0.2) is 231 Å². The first-order valence-electron chi connectivity index (χ1n) is 20.9. The van der Waals surface area contributed by atoms with Crippen LogP contribution in [0.4, 0.5) is 0 Å². The van der Waals surface area contributed by atoms with Gasteiger partial charge in [-0.2, -0.15) is 0 Å². The van der Waals surface area contributed by atoms with E-state index in [1.54, 1.807) is 0 Å². The average Bonchev–Trinajstić information content (AvgIpc) is 3.37. The summed E-state index contributed by atoms with van der Waals surface area (Å²) in [5.41, 5.74) is 17.4. The first kappa shape index (κ1) is 36.7. The summed E-state index contributed by atoms with van der Waals surface area (Å²) >= 11 is 0. The monoisotopic (exact) mass is 790 g/mol. The molecule has 0 N–H and O–H groups in total. The van der Waals surface area contributed by atoms with Crippen molar-refractivity contribution < 1.29 is 0 Å². The molecule has 0 spiro atoms. The van der Waals surface area contributed by atoms with E-state index in [4.69, 9.17) is 19.9 Å². The lowest BCUT2D eigenvalue weighted by Crippen LogP contribution is -1.96. The van der Waals surface area contributed by atoms with Gasteiger partial charge in [0.2, 0.25) is 0 Å². The number of hydrogen-bond acceptors (Lipinski definition) is 4. The van der Waals surface area contributed by atoms with Gasteiger partial charge in [0.25, 0.3) is 0 Å². The molecule has 0 saturated heterocycles. The molecular formula is C58H38N4. The van der Waals surface area contributed by atoms with Crippen LogP contribution in [0, 0.1) is 0 Å². The van der Waals surface area contributed by atoms with Crippen molar-refractivity contribution in [2.75, 3.05) is 0 Å². The third-order valence-corrected chi connectivity index (χ3v) is 11.5. The highest BCUT2D eigenvalue weighted by Crippen LogP contribution is 2.37. The van der Waals surface area contributed by atoms with Gasteiger partial charge >= 0.3 is 0 Å². The molecule has 0 aliphatic heterocycles. The smallest absolute Gasteiger partial charge is 0.160 e. The van der Waals surface area contributed by atoms with E-state index >= 15 is 0 Å². The Balaban J connectivity index is 0.942. The molecule has 4 heteroatoms. The minimum absolute atomic E-state index is 0.698. The van der Waals surface area contributed by atoms with Crippen LogP contribution in [0.1, 0.15) is 0 Å². The molecule has 0 amide bonds. The van der Waals surface area contributed by atoms with E-state index in [-0.39, 0.29) is 0 Å². The van der Waals surface area contributed by atoms with Crippen molar-refractivity contribution in [2.45, 2.75) is 0 Å². The van der Waals surface area contributed by atoms with Crippen molar-refractivity contribution in [1.82, 2.24) is 19.9 Å². The number of nitrogens with zero attached hydrogens (tertiary/aromatic N) is 4. The molecule has 0 fully saturated rings. The van der Waals surface area contributed by atoms with Gasteiger partial charge in [0, 0.05) is 38.6 Å². The Morgan fingerprint density at radius 1 is 0.226 bits per heavy atom. The normalized spacial score (nSPS) is 11.2. The number of aromatic nitrogens is 4. The number of benzene rings is 8. The predicted octanol–water partition coefficient (Wildman–Crippen LogP) is 14.9. The Kier molecular flexibility index (Phi) is 9.49. The molecule has 3 heterocycles. The minimum atomic E-state index is 0.698. The summed E-state index contributed by atoms with van der Waals surface area (Å²) in [5.74, 6) is 0.698. The van der Waals surface area contributed by atoms with Gasteiger partial charge in [-0.3, -0.25) is 0 Å². The van der Waals surface area contributed by atoms with Crippen molar-refractivity contribution in [1.29, 1.82) is 0 Å². The number of pyridine rings is 2. The molecule has 0 atom stereocenters. The van der Waals surface area contributed by atoms with E-state index in [9.17, 15) is 0 Å². The van der Waals surface area contributed by atoms with Crippen LogP contribution >= 0.6 is 0 Å². The standard InChI is InChI=1S/C58H38N4/c1-5-13-39(14-6-1)40-23-29-46(30-24-40)54-38-55(62-58(61-54)49-19-11-4-12-20-49)47-31-25-42(26-32-47)41-21-27-43(28-22-41)51-37-53(45-17-9-3-10-18-45)60-57-50(51)35-33-48-34-36-52(59-56(48)57)44-15-7-2-8-16-44/h1-38H. The molecular weight excluding hydrogens is 753 g/mol. The van der Waals surface area contributed by atoms with E-state index in [1.165, 1.54) is 11.1 Å². The van der Waals surface area contributed by atoms with Crippen molar-refractivity contribution in [3.63, 3.8) is 0 Å². The van der Waals surface area contributed by atoms with Gasteiger partial charge in [0.15, 0.2) is 5.82 Å². The van der Waals surface area contributed by atoms with Crippen LogP contribution in [-0.2, 0) is 0 Å². The maximum Gasteiger partial charge on any atom is 0.160 e. The number of fused-ring (bicyclic) bond motifs is 3. The van der Waals surface area contributed by atoms with Crippen LogP contribution < -0.4 is 0 Å². The van der Waals surface area contributed by atoms with Gasteiger partial charge < -0.3 is 0 Å². The molecule has 0 unspecified atom stereocenters. The summed E-state index contributed by atoms with van der Waals surface area (Å²) in [5, 5.41) is 2.13. The second-order valence-electron chi connectivity index (χ2n) is 15.4. The van der Waals surface area contributed by atoms with Crippen LogP contribution in [0.2, 0.25) is 0 Å². The molecule has 290 valence electrons. The van der Waals surface area contributed by atoms with Gasteiger partial charge in [-0.1, -0.05) is 212 Å². The van der Waals surface area contributed by atoms with Crippen molar-refractivity contribution in [2.24, 2.45) is 0 Å². The van der Waals surface area contributed by atoms with Crippen LogP contribution in [0.3, 0.4) is 0 Å². The molecule has 8 aromatic carbocycles. The van der Waals surface area contributed by atoms with Gasteiger partial charge in [0.05, 0.1) is 33.8 Å². The van der Waals surface area contributed by atoms with Gasteiger partial charge in [-0.25, -0.2) is 19.9 Å². The molecule has 3 aromatic heterocycles. The first-order chi connectivity index (χ1) is 30.7. The fourth-order valence-corrected chi connectivity index (χ4v) is 8.24. The summed E-state index contributed by atoms with van der Waals surface area (Å²) in [6.07, 6.45) is 0. The average molecular weight is 791 g/mol. The van der Waals surface area contributed by atoms with Gasteiger partial charge in [-0.05, 0) is 51.6 Å². The SMILES string of the molecule is c1ccc(-c2ccc(-c3cc(-c4ccc(-c5ccc(-c6cc(-c7ccccc7)nc7c6ccc6ccc(-c8ccccc8)nc67)cc5)cc4)nc(-c4ccccc4)n3)cc2)cc1. The molecule has 62 heavy (non-hydrogen) atoms. The lowest BCUT2D eigenvalue weighted by atomic mass is 9.95. The summed E-state index contributed by atoms with van der Waals surface area (Å²) < 4.78 is 0. The van der Waals surface area contributed by atoms with Crippen LogP contribution in [0.25, 0.3) is 112 Å². The van der Waals surface area contributed by atoms with Crippen molar-refractivity contribution in [3.05, 3.63) is 231 Å². The summed E-state index contributed by atoms with van der Waals surface area (Å²) in [6.45, 7) is 0. The zero-order chi connectivity index (χ0) is 41.2. The minimum Gasteiger partial charge on any atom is -0.245 e. The van der Waals surface area contributed by atoms with Gasteiger partial charge in [-0.15, -0.1) is 0 Å². The highest BCUT2D eigenvalue weighted by Gasteiger charge is 2.16. The Morgan fingerprint density at radius 2 is 0.597 bits per heavy atom. The fourth-order valence-electron chi connectivity index (χ4n) is 8.24. The van der Waals surface area contributed by atoms with Gasteiger partial charge in [0.1, 0.15) is 0 Å². The topological polar surface area (TPSA) is 51.6 Å². The molecule has 0 radical (unpaired) electrons. The zero-order valence-electron chi connectivity index (χ0n) is 33.7. The summed E-state index contributed by atoms with van der Waals surface area (Å²) in [4.78, 5) is 20.6. The van der Waals surface area contributed by atoms with Crippen molar-refractivity contribution in [3.8, 4) is 89.8 Å². The van der Waals surface area contributed by atoms with E-state index in [1.807, 2.05) is 36.4 Å². The van der Waals surface area contributed by atoms with E-state index < -0.39 is 0 Å². The maximum atomic E-state index is 5.28. The highest BCUT2D eigenvalue weighted by atomic mass is 14.9. The molecule has 0 bridgehead atoms. The van der Waals surface area contributed by atoms with Crippen LogP contribution in [0.5, 0.6) is 0 Å². The highest BCUT2D eigenvalue weighted by molar-refractivity contribution is 6.09. The molecule has 0 aliphatic carbocycles. The number of hydrogen-bond donors (Lipinski definition) is 0. The maximum absolute atomic E-state index is 5.28. The Morgan fingerprint density at radius 3 is 1.13 bits per heavy atom. The largest absolute Gasteiger partial charge is 0.245 e. The Labute approximate surface area is 360 Å². The van der Waals surface area contributed by atoms with E-state index in [0.29, 0.717) is 5.82 Å². The zero-order valence-corrected chi connectivity index (χ0v) is 33.7. The Hall–Kier alpha value is -8.34. The third-order valence-electron chi connectivity index (χ3n) is 11.5. The summed E-state index contributed by atoms with van der Waals surface area (Å²) in [6, 6.07) is 80.4. The first-order valence-corrected chi connectivity index (χ1v) is 20.9. The molecule has 0 saturated carbocycles. The van der Waals surface area contributed by atoms with E-state index in [0.717, 1.165) is 94.7 Å². The van der Waals surface area contributed by atoms with Crippen LogP contribution in [-0.4, -0.2) is 19.9 Å².